The lowest BCUT2D eigenvalue weighted by molar-refractivity contribution is -0.136. The fourth-order valence-electron chi connectivity index (χ4n) is 2.96. The predicted octanol–water partition coefficient (Wildman–Crippen LogP) is 4.22. The lowest BCUT2D eigenvalue weighted by Gasteiger charge is -2.24. The Bertz CT molecular complexity index is 1020. The third kappa shape index (κ3) is 4.52. The van der Waals surface area contributed by atoms with Crippen LogP contribution >= 0.6 is 22.9 Å². The Labute approximate surface area is 173 Å². The zero-order valence-electron chi connectivity index (χ0n) is 16.0. The molecule has 0 aliphatic heterocycles. The highest BCUT2D eigenvalue weighted by Crippen LogP contribution is 2.32. The van der Waals surface area contributed by atoms with Gasteiger partial charge in [0.15, 0.2) is 0 Å². The van der Waals surface area contributed by atoms with Gasteiger partial charge < -0.3 is 15.5 Å². The molecule has 28 heavy (non-hydrogen) atoms. The zero-order valence-corrected chi connectivity index (χ0v) is 17.5. The molecule has 0 radical (unpaired) electrons. The minimum atomic E-state index is -0.715. The Kier molecular flexibility index (Phi) is 6.34. The Balaban J connectivity index is 1.67. The SMILES string of the molecule is Cc1ccc(NC(=O)C(=O)NCC(c2csc3ccccc23)N(C)C)cc1Cl. The van der Waals surface area contributed by atoms with Crippen molar-refractivity contribution in [3.8, 4) is 0 Å². The molecular weight excluding hydrogens is 394 g/mol. The Morgan fingerprint density at radius 3 is 2.61 bits per heavy atom. The van der Waals surface area contributed by atoms with Gasteiger partial charge in [-0.05, 0) is 61.1 Å². The quantitative estimate of drug-likeness (QED) is 0.613. The molecule has 7 heteroatoms. The molecular formula is C21H22ClN3O2S. The molecule has 0 saturated carbocycles. The number of fused-ring (bicyclic) bond motifs is 1. The highest BCUT2D eigenvalue weighted by atomic mass is 35.5. The number of nitrogens with one attached hydrogen (secondary N) is 2. The molecule has 1 atom stereocenters. The minimum Gasteiger partial charge on any atom is -0.346 e. The molecule has 146 valence electrons. The smallest absolute Gasteiger partial charge is 0.313 e. The summed E-state index contributed by atoms with van der Waals surface area (Å²) < 4.78 is 1.20. The second-order valence-electron chi connectivity index (χ2n) is 6.79. The molecule has 0 bridgehead atoms. The minimum absolute atomic E-state index is 0.0401. The van der Waals surface area contributed by atoms with Crippen molar-refractivity contribution in [3.63, 3.8) is 0 Å². The first kappa shape index (κ1) is 20.3. The van der Waals surface area contributed by atoms with Crippen molar-refractivity contribution in [1.82, 2.24) is 10.2 Å². The van der Waals surface area contributed by atoms with Gasteiger partial charge in [0.2, 0.25) is 0 Å². The molecule has 2 amide bonds. The van der Waals surface area contributed by atoms with Crippen LogP contribution in [0, 0.1) is 6.92 Å². The van der Waals surface area contributed by atoms with E-state index in [1.807, 2.05) is 38.1 Å². The standard InChI is InChI=1S/C21H22ClN3O2S/c1-13-8-9-14(10-17(13)22)24-21(27)20(26)23-11-18(25(2)3)16-12-28-19-7-5-4-6-15(16)19/h4-10,12,18H,11H2,1-3H3,(H,23,26)(H,24,27). The number of amides is 2. The Hall–Kier alpha value is -2.41. The van der Waals surface area contributed by atoms with E-state index in [2.05, 4.69) is 28.1 Å². The third-order valence-electron chi connectivity index (χ3n) is 4.59. The number of halogens is 1. The van der Waals surface area contributed by atoms with Crippen molar-refractivity contribution in [1.29, 1.82) is 0 Å². The first-order valence-electron chi connectivity index (χ1n) is 8.84. The van der Waals surface area contributed by atoms with Crippen LogP contribution in [-0.4, -0.2) is 37.4 Å². The molecule has 2 N–H and O–H groups in total. The van der Waals surface area contributed by atoms with Gasteiger partial charge in [0, 0.05) is 22.0 Å². The fourth-order valence-corrected chi connectivity index (χ4v) is 4.14. The number of hydrogen-bond acceptors (Lipinski definition) is 4. The van der Waals surface area contributed by atoms with Crippen molar-refractivity contribution in [3.05, 3.63) is 64.0 Å². The molecule has 2 aromatic carbocycles. The molecule has 3 aromatic rings. The molecule has 0 fully saturated rings. The average molecular weight is 416 g/mol. The van der Waals surface area contributed by atoms with E-state index in [0.29, 0.717) is 17.3 Å². The lowest BCUT2D eigenvalue weighted by Crippen LogP contribution is -2.40. The number of likely N-dealkylation sites (N-methyl/N-ethyl adjacent to an activating group) is 1. The second-order valence-corrected chi connectivity index (χ2v) is 8.11. The second kappa shape index (κ2) is 8.73. The summed E-state index contributed by atoms with van der Waals surface area (Å²) in [5, 5.41) is 9.13. The summed E-state index contributed by atoms with van der Waals surface area (Å²) in [6.45, 7) is 2.20. The molecule has 0 aliphatic rings. The maximum absolute atomic E-state index is 12.3. The number of anilines is 1. The van der Waals surface area contributed by atoms with Gasteiger partial charge in [-0.25, -0.2) is 0 Å². The first-order chi connectivity index (χ1) is 13.4. The van der Waals surface area contributed by atoms with Crippen molar-refractivity contribution >= 4 is 50.5 Å². The van der Waals surface area contributed by atoms with Gasteiger partial charge in [-0.3, -0.25) is 9.59 Å². The van der Waals surface area contributed by atoms with Gasteiger partial charge in [0.05, 0.1) is 6.04 Å². The molecule has 1 heterocycles. The van der Waals surface area contributed by atoms with Crippen LogP contribution in [0.3, 0.4) is 0 Å². The summed E-state index contributed by atoms with van der Waals surface area (Å²) in [6, 6.07) is 13.3. The summed E-state index contributed by atoms with van der Waals surface area (Å²) in [6.07, 6.45) is 0. The van der Waals surface area contributed by atoms with Crippen molar-refractivity contribution in [2.24, 2.45) is 0 Å². The number of rotatable bonds is 5. The van der Waals surface area contributed by atoms with Gasteiger partial charge in [-0.2, -0.15) is 0 Å². The molecule has 1 aromatic heterocycles. The van der Waals surface area contributed by atoms with Gasteiger partial charge in [-0.1, -0.05) is 35.9 Å². The van der Waals surface area contributed by atoms with Crippen LogP contribution in [0.2, 0.25) is 5.02 Å². The van der Waals surface area contributed by atoms with E-state index < -0.39 is 11.8 Å². The Morgan fingerprint density at radius 2 is 1.89 bits per heavy atom. The monoisotopic (exact) mass is 415 g/mol. The van der Waals surface area contributed by atoms with Crippen molar-refractivity contribution < 1.29 is 9.59 Å². The zero-order chi connectivity index (χ0) is 20.3. The number of carbonyl (C=O) groups excluding carboxylic acids is 2. The van der Waals surface area contributed by atoms with E-state index in [1.54, 1.807) is 29.5 Å². The summed E-state index contributed by atoms with van der Waals surface area (Å²) >= 11 is 7.74. The van der Waals surface area contributed by atoms with Gasteiger partial charge >= 0.3 is 11.8 Å². The molecule has 5 nitrogen and oxygen atoms in total. The van der Waals surface area contributed by atoms with Crippen LogP contribution < -0.4 is 10.6 Å². The van der Waals surface area contributed by atoms with E-state index in [1.165, 1.54) is 10.1 Å². The van der Waals surface area contributed by atoms with Crippen LogP contribution in [0.15, 0.2) is 47.8 Å². The van der Waals surface area contributed by atoms with E-state index in [9.17, 15) is 9.59 Å². The van der Waals surface area contributed by atoms with E-state index in [4.69, 9.17) is 11.6 Å². The third-order valence-corrected chi connectivity index (χ3v) is 5.97. The van der Waals surface area contributed by atoms with Crippen molar-refractivity contribution in [2.75, 3.05) is 26.0 Å². The average Bonchev–Trinajstić information content (AvgIpc) is 3.08. The van der Waals surface area contributed by atoms with Crippen LogP contribution in [0.25, 0.3) is 10.1 Å². The van der Waals surface area contributed by atoms with Gasteiger partial charge in [-0.15, -0.1) is 11.3 Å². The molecule has 1 unspecified atom stereocenters. The number of carbonyl (C=O) groups is 2. The molecule has 0 aliphatic carbocycles. The Morgan fingerprint density at radius 1 is 1.14 bits per heavy atom. The highest BCUT2D eigenvalue weighted by Gasteiger charge is 2.21. The maximum atomic E-state index is 12.3. The maximum Gasteiger partial charge on any atom is 0.313 e. The molecule has 0 spiro atoms. The summed E-state index contributed by atoms with van der Waals surface area (Å²) in [5.74, 6) is -1.39. The summed E-state index contributed by atoms with van der Waals surface area (Å²) in [7, 11) is 3.91. The summed E-state index contributed by atoms with van der Waals surface area (Å²) in [4.78, 5) is 26.5. The van der Waals surface area contributed by atoms with E-state index >= 15 is 0 Å². The topological polar surface area (TPSA) is 61.4 Å². The molecule has 3 rings (SSSR count). The predicted molar refractivity (Wildman–Crippen MR) is 116 cm³/mol. The number of aryl methyl sites for hydroxylation is 1. The number of benzene rings is 2. The number of nitrogens with zero attached hydrogens (tertiary/aromatic N) is 1. The fraction of sp³-hybridized carbons (Fsp3) is 0.238. The normalized spacial score (nSPS) is 12.2. The largest absolute Gasteiger partial charge is 0.346 e. The van der Waals surface area contributed by atoms with Crippen LogP contribution in [0.4, 0.5) is 5.69 Å². The van der Waals surface area contributed by atoms with Crippen LogP contribution in [0.1, 0.15) is 17.2 Å². The summed E-state index contributed by atoms with van der Waals surface area (Å²) in [5.41, 5.74) is 2.53. The van der Waals surface area contributed by atoms with Gasteiger partial charge in [0.1, 0.15) is 0 Å². The lowest BCUT2D eigenvalue weighted by atomic mass is 10.0. The van der Waals surface area contributed by atoms with Crippen molar-refractivity contribution in [2.45, 2.75) is 13.0 Å². The van der Waals surface area contributed by atoms with E-state index in [-0.39, 0.29) is 6.04 Å². The highest BCUT2D eigenvalue weighted by molar-refractivity contribution is 7.17. The van der Waals surface area contributed by atoms with Gasteiger partial charge in [0.25, 0.3) is 0 Å². The number of thiophene rings is 1. The first-order valence-corrected chi connectivity index (χ1v) is 10.1. The van der Waals surface area contributed by atoms with Crippen LogP contribution in [-0.2, 0) is 9.59 Å². The van der Waals surface area contributed by atoms with Crippen LogP contribution in [0.5, 0.6) is 0 Å². The molecule has 0 saturated heterocycles. The van der Waals surface area contributed by atoms with E-state index in [0.717, 1.165) is 11.1 Å². The number of hydrogen-bond donors (Lipinski definition) is 2.